The zero-order valence-electron chi connectivity index (χ0n) is 14.8. The number of hydrogen-bond acceptors (Lipinski definition) is 4. The van der Waals surface area contributed by atoms with Crippen LogP contribution in [0.1, 0.15) is 12.5 Å². The number of carbonyl (C=O) groups is 1. The first kappa shape index (κ1) is 19.2. The summed E-state index contributed by atoms with van der Waals surface area (Å²) in [7, 11) is 0. The quantitative estimate of drug-likeness (QED) is 0.488. The first-order valence-corrected chi connectivity index (χ1v) is 9.59. The summed E-state index contributed by atoms with van der Waals surface area (Å²) in [6.45, 7) is 3.60. The van der Waals surface area contributed by atoms with Crippen LogP contribution in [0.3, 0.4) is 0 Å². The zero-order chi connectivity index (χ0) is 19.4. The third kappa shape index (κ3) is 4.78. The van der Waals surface area contributed by atoms with E-state index in [0.717, 1.165) is 11.1 Å². The van der Waals surface area contributed by atoms with E-state index in [2.05, 4.69) is 15.3 Å². The Morgan fingerprint density at radius 2 is 1.93 bits per heavy atom. The third-order valence-electron chi connectivity index (χ3n) is 3.97. The molecule has 1 heterocycles. The minimum absolute atomic E-state index is 0.196. The minimum Gasteiger partial charge on any atom is -0.325 e. The van der Waals surface area contributed by atoms with E-state index in [0.29, 0.717) is 21.6 Å². The number of nitrogens with one attached hydrogen (secondary N) is 2. The van der Waals surface area contributed by atoms with Crippen molar-refractivity contribution in [2.24, 2.45) is 0 Å². The maximum absolute atomic E-state index is 12.5. The smallest absolute Gasteiger partial charge is 0.252 e. The third-order valence-corrected chi connectivity index (χ3v) is 5.37. The molecular formula is C20H18ClN3O2S. The lowest BCUT2D eigenvalue weighted by Crippen LogP contribution is -2.23. The van der Waals surface area contributed by atoms with E-state index in [-0.39, 0.29) is 11.5 Å². The molecule has 0 radical (unpaired) electrons. The van der Waals surface area contributed by atoms with Crippen molar-refractivity contribution in [3.05, 3.63) is 75.5 Å². The summed E-state index contributed by atoms with van der Waals surface area (Å²) in [6.07, 6.45) is 0. The fourth-order valence-electron chi connectivity index (χ4n) is 2.45. The number of carbonyl (C=O) groups excluding carboxylic acids is 1. The van der Waals surface area contributed by atoms with Gasteiger partial charge in [0.05, 0.1) is 10.9 Å². The van der Waals surface area contributed by atoms with Gasteiger partial charge in [-0.2, -0.15) is 0 Å². The highest BCUT2D eigenvalue weighted by Crippen LogP contribution is 2.26. The molecule has 2 N–H and O–H groups in total. The second-order valence-corrected chi connectivity index (χ2v) is 7.70. The summed E-state index contributed by atoms with van der Waals surface area (Å²) in [4.78, 5) is 31.7. The van der Waals surface area contributed by atoms with Crippen molar-refractivity contribution in [1.82, 2.24) is 9.97 Å². The van der Waals surface area contributed by atoms with Gasteiger partial charge < -0.3 is 10.3 Å². The van der Waals surface area contributed by atoms with Gasteiger partial charge in [0.1, 0.15) is 0 Å². The van der Waals surface area contributed by atoms with Crippen LogP contribution in [0.25, 0.3) is 11.3 Å². The van der Waals surface area contributed by atoms with Gasteiger partial charge in [-0.3, -0.25) is 9.59 Å². The zero-order valence-corrected chi connectivity index (χ0v) is 16.4. The van der Waals surface area contributed by atoms with Crippen LogP contribution in [0.4, 0.5) is 5.69 Å². The predicted molar refractivity (Wildman–Crippen MR) is 110 cm³/mol. The Morgan fingerprint density at radius 1 is 1.19 bits per heavy atom. The number of rotatable bonds is 5. The largest absolute Gasteiger partial charge is 0.325 e. The van der Waals surface area contributed by atoms with Crippen molar-refractivity contribution >= 4 is 35.0 Å². The molecule has 1 atom stereocenters. The molecule has 0 fully saturated rings. The van der Waals surface area contributed by atoms with Gasteiger partial charge in [0.25, 0.3) is 5.56 Å². The Bertz CT molecular complexity index is 1020. The summed E-state index contributed by atoms with van der Waals surface area (Å²) in [5.41, 5.74) is 2.63. The monoisotopic (exact) mass is 399 g/mol. The topological polar surface area (TPSA) is 74.8 Å². The number of aromatic nitrogens is 2. The molecule has 0 aliphatic rings. The van der Waals surface area contributed by atoms with E-state index in [1.54, 1.807) is 25.1 Å². The van der Waals surface area contributed by atoms with Gasteiger partial charge in [0.15, 0.2) is 5.16 Å². The minimum atomic E-state index is -0.461. The van der Waals surface area contributed by atoms with Gasteiger partial charge in [0, 0.05) is 22.3 Å². The van der Waals surface area contributed by atoms with Crippen LogP contribution in [-0.4, -0.2) is 21.1 Å². The predicted octanol–water partition coefficient (Wildman–Crippen LogP) is 4.52. The maximum Gasteiger partial charge on any atom is 0.252 e. The number of anilines is 1. The second-order valence-electron chi connectivity index (χ2n) is 5.96. The number of amides is 1. The molecule has 3 aromatic rings. The summed E-state index contributed by atoms with van der Waals surface area (Å²) in [5.74, 6) is -0.196. The molecule has 0 saturated heterocycles. The van der Waals surface area contributed by atoms with Crippen LogP contribution >= 0.6 is 23.4 Å². The second kappa shape index (κ2) is 8.41. The lowest BCUT2D eigenvalue weighted by molar-refractivity contribution is -0.115. The molecule has 27 heavy (non-hydrogen) atoms. The summed E-state index contributed by atoms with van der Waals surface area (Å²) in [6, 6.07) is 16.2. The van der Waals surface area contributed by atoms with Crippen LogP contribution in [0.2, 0.25) is 5.02 Å². The number of thioether (sulfide) groups is 1. The Balaban J connectivity index is 1.76. The van der Waals surface area contributed by atoms with Gasteiger partial charge in [-0.05, 0) is 31.5 Å². The van der Waals surface area contributed by atoms with E-state index < -0.39 is 5.25 Å². The first-order chi connectivity index (χ1) is 12.9. The molecule has 7 heteroatoms. The van der Waals surface area contributed by atoms with E-state index in [1.165, 1.54) is 17.8 Å². The average Bonchev–Trinajstić information content (AvgIpc) is 2.65. The summed E-state index contributed by atoms with van der Waals surface area (Å²) in [5, 5.41) is 3.39. The number of benzene rings is 2. The maximum atomic E-state index is 12.5. The SMILES string of the molecule is Cc1c(Cl)cccc1NC(=O)C(C)Sc1nc(-c2ccccc2)cc(=O)[nH]1. The van der Waals surface area contributed by atoms with E-state index >= 15 is 0 Å². The van der Waals surface area contributed by atoms with Gasteiger partial charge in [-0.15, -0.1) is 0 Å². The van der Waals surface area contributed by atoms with E-state index in [9.17, 15) is 9.59 Å². The average molecular weight is 400 g/mol. The highest BCUT2D eigenvalue weighted by atomic mass is 35.5. The van der Waals surface area contributed by atoms with Crippen molar-refractivity contribution in [2.45, 2.75) is 24.3 Å². The molecule has 5 nitrogen and oxygen atoms in total. The lowest BCUT2D eigenvalue weighted by Gasteiger charge is -2.14. The Kier molecular flexibility index (Phi) is 5.98. The van der Waals surface area contributed by atoms with Crippen LogP contribution < -0.4 is 10.9 Å². The first-order valence-electron chi connectivity index (χ1n) is 8.33. The van der Waals surface area contributed by atoms with Gasteiger partial charge in [0.2, 0.25) is 5.91 Å². The van der Waals surface area contributed by atoms with Crippen molar-refractivity contribution < 1.29 is 4.79 Å². The molecule has 0 saturated carbocycles. The summed E-state index contributed by atoms with van der Waals surface area (Å²) < 4.78 is 0. The standard InChI is InChI=1S/C20H18ClN3O2S/c1-12-15(21)9-6-10-16(12)22-19(26)13(2)27-20-23-17(11-18(25)24-20)14-7-4-3-5-8-14/h3-11,13H,1-2H3,(H,22,26)(H,23,24,25). The highest BCUT2D eigenvalue weighted by Gasteiger charge is 2.18. The molecule has 1 aromatic heterocycles. The molecule has 0 aliphatic heterocycles. The van der Waals surface area contributed by atoms with Crippen LogP contribution in [0, 0.1) is 6.92 Å². The molecule has 1 unspecified atom stereocenters. The van der Waals surface area contributed by atoms with Crippen LogP contribution in [0.15, 0.2) is 64.5 Å². The molecule has 0 bridgehead atoms. The fourth-order valence-corrected chi connectivity index (χ4v) is 3.43. The van der Waals surface area contributed by atoms with E-state index in [4.69, 9.17) is 11.6 Å². The van der Waals surface area contributed by atoms with Crippen LogP contribution in [0.5, 0.6) is 0 Å². The van der Waals surface area contributed by atoms with Gasteiger partial charge in [-0.25, -0.2) is 4.98 Å². The van der Waals surface area contributed by atoms with E-state index in [1.807, 2.05) is 37.3 Å². The Hall–Kier alpha value is -2.57. The molecule has 3 rings (SSSR count). The molecule has 2 aromatic carbocycles. The fraction of sp³-hybridized carbons (Fsp3) is 0.150. The Labute approximate surface area is 166 Å². The number of nitrogens with zero attached hydrogens (tertiary/aromatic N) is 1. The number of H-pyrrole nitrogens is 1. The van der Waals surface area contributed by atoms with Crippen LogP contribution in [-0.2, 0) is 4.79 Å². The molecule has 0 aliphatic carbocycles. The normalized spacial score (nSPS) is 11.8. The molecule has 138 valence electrons. The van der Waals surface area contributed by atoms with Crippen molar-refractivity contribution in [3.63, 3.8) is 0 Å². The van der Waals surface area contributed by atoms with Gasteiger partial charge >= 0.3 is 0 Å². The van der Waals surface area contributed by atoms with Crippen molar-refractivity contribution in [2.75, 3.05) is 5.32 Å². The van der Waals surface area contributed by atoms with Crippen molar-refractivity contribution in [1.29, 1.82) is 0 Å². The molecule has 0 spiro atoms. The highest BCUT2D eigenvalue weighted by molar-refractivity contribution is 8.00. The Morgan fingerprint density at radius 3 is 2.67 bits per heavy atom. The molecule has 1 amide bonds. The summed E-state index contributed by atoms with van der Waals surface area (Å²) >= 11 is 7.29. The molecular weight excluding hydrogens is 382 g/mol. The lowest BCUT2D eigenvalue weighted by atomic mass is 10.1. The number of hydrogen-bond donors (Lipinski definition) is 2. The number of halogens is 1. The van der Waals surface area contributed by atoms with Crippen molar-refractivity contribution in [3.8, 4) is 11.3 Å². The number of aromatic amines is 1. The van der Waals surface area contributed by atoms with Gasteiger partial charge in [-0.1, -0.05) is 59.8 Å².